The van der Waals surface area contributed by atoms with Gasteiger partial charge in [-0.1, -0.05) is 41.4 Å². The second-order valence-electron chi connectivity index (χ2n) is 4.79. The lowest BCUT2D eigenvalue weighted by Crippen LogP contribution is -2.07. The number of hydrogen-bond donors (Lipinski definition) is 0. The average Bonchev–Trinajstić information content (AvgIpc) is 2.86. The first-order valence-electron chi connectivity index (χ1n) is 6.67. The summed E-state index contributed by atoms with van der Waals surface area (Å²) in [7, 11) is 0. The van der Waals surface area contributed by atoms with Crippen LogP contribution in [-0.2, 0) is 0 Å². The molecule has 0 aliphatic heterocycles. The first-order valence-corrected chi connectivity index (χ1v) is 7.05. The molecular weight excluding hydrogens is 262 g/mol. The van der Waals surface area contributed by atoms with Crippen molar-refractivity contribution in [3.8, 4) is 5.75 Å². The predicted molar refractivity (Wildman–Crippen MR) is 77.6 cm³/mol. The molecule has 1 fully saturated rings. The van der Waals surface area contributed by atoms with E-state index in [0.29, 0.717) is 17.5 Å². The molecule has 1 aliphatic rings. The summed E-state index contributed by atoms with van der Waals surface area (Å²) in [5.41, 5.74) is 0. The van der Waals surface area contributed by atoms with E-state index in [1.165, 1.54) is 0 Å². The van der Waals surface area contributed by atoms with Crippen molar-refractivity contribution >= 4 is 11.6 Å². The highest BCUT2D eigenvalue weighted by Gasteiger charge is 2.25. The van der Waals surface area contributed by atoms with Gasteiger partial charge in [0.2, 0.25) is 0 Å². The van der Waals surface area contributed by atoms with Gasteiger partial charge in [0.1, 0.15) is 5.75 Å². The Hall–Kier alpha value is -1.35. The first kappa shape index (κ1) is 14.1. The average molecular weight is 280 g/mol. The van der Waals surface area contributed by atoms with Crippen molar-refractivity contribution in [2.45, 2.75) is 31.7 Å². The van der Waals surface area contributed by atoms with E-state index in [0.717, 1.165) is 31.4 Å². The third-order valence-corrected chi connectivity index (χ3v) is 3.63. The Balaban J connectivity index is 1.70. The van der Waals surface area contributed by atoms with Crippen LogP contribution in [0.2, 0.25) is 5.02 Å². The van der Waals surface area contributed by atoms with E-state index in [-0.39, 0.29) is 6.04 Å². The van der Waals surface area contributed by atoms with Crippen LogP contribution in [0.3, 0.4) is 0 Å². The lowest BCUT2D eigenvalue weighted by Gasteiger charge is -2.07. The fraction of sp³-hybridized carbons (Fsp3) is 0.467. The van der Waals surface area contributed by atoms with Crippen molar-refractivity contribution in [3.05, 3.63) is 46.3 Å². The van der Waals surface area contributed by atoms with Gasteiger partial charge in [0, 0.05) is 10.9 Å². The molecule has 1 aromatic carbocycles. The van der Waals surface area contributed by atoms with E-state index in [1.54, 1.807) is 6.07 Å². The molecule has 0 N–H and O–H groups in total. The van der Waals surface area contributed by atoms with Crippen molar-refractivity contribution < 1.29 is 4.74 Å². The normalized spacial score (nSPS) is 22.8. The zero-order valence-corrected chi connectivity index (χ0v) is 11.6. The Morgan fingerprint density at radius 2 is 2.32 bits per heavy atom. The van der Waals surface area contributed by atoms with Gasteiger partial charge in [-0.05, 0) is 37.5 Å². The van der Waals surface area contributed by atoms with Gasteiger partial charge >= 0.3 is 0 Å². The fourth-order valence-electron chi connectivity index (χ4n) is 2.40. The molecule has 0 heterocycles. The molecule has 2 unspecified atom stereocenters. The molecule has 0 radical (unpaired) electrons. The van der Waals surface area contributed by atoms with E-state index in [1.807, 2.05) is 18.2 Å². The molecule has 19 heavy (non-hydrogen) atoms. The van der Waals surface area contributed by atoms with Gasteiger partial charge in [-0.2, -0.15) is 4.91 Å². The van der Waals surface area contributed by atoms with Gasteiger partial charge in [-0.3, -0.25) is 0 Å². The van der Waals surface area contributed by atoms with E-state index < -0.39 is 0 Å². The van der Waals surface area contributed by atoms with Crippen LogP contribution in [0.1, 0.15) is 25.7 Å². The van der Waals surface area contributed by atoms with Crippen LogP contribution in [0.5, 0.6) is 5.75 Å². The molecule has 3 nitrogen and oxygen atoms in total. The minimum absolute atomic E-state index is 0.0231. The number of hydrogen-bond acceptors (Lipinski definition) is 3. The van der Waals surface area contributed by atoms with Crippen LogP contribution in [0.15, 0.2) is 41.6 Å². The molecule has 0 aromatic heterocycles. The maximum atomic E-state index is 10.6. The van der Waals surface area contributed by atoms with Crippen LogP contribution >= 0.6 is 11.6 Å². The minimum Gasteiger partial charge on any atom is -0.493 e. The molecule has 2 atom stereocenters. The van der Waals surface area contributed by atoms with Crippen molar-refractivity contribution in [3.63, 3.8) is 0 Å². The Bertz CT molecular complexity index is 448. The van der Waals surface area contributed by atoms with Gasteiger partial charge in [0.05, 0.1) is 12.6 Å². The number of nitrogens with zero attached hydrogens (tertiary/aromatic N) is 1. The Kier molecular flexibility index (Phi) is 5.40. The van der Waals surface area contributed by atoms with Crippen molar-refractivity contribution in [2.24, 2.45) is 11.1 Å². The first-order chi connectivity index (χ1) is 9.29. The Morgan fingerprint density at radius 1 is 1.42 bits per heavy atom. The van der Waals surface area contributed by atoms with Crippen LogP contribution < -0.4 is 4.74 Å². The molecule has 0 saturated heterocycles. The zero-order valence-electron chi connectivity index (χ0n) is 10.8. The van der Waals surface area contributed by atoms with Crippen LogP contribution in [0.4, 0.5) is 0 Å². The quantitative estimate of drug-likeness (QED) is 0.434. The molecule has 0 amide bonds. The predicted octanol–water partition coefficient (Wildman–Crippen LogP) is 4.60. The van der Waals surface area contributed by atoms with Gasteiger partial charge < -0.3 is 4.74 Å². The second-order valence-corrected chi connectivity index (χ2v) is 5.23. The number of rotatable bonds is 6. The summed E-state index contributed by atoms with van der Waals surface area (Å²) in [5.74, 6) is 1.11. The highest BCUT2D eigenvalue weighted by Crippen LogP contribution is 2.29. The van der Waals surface area contributed by atoms with Crippen LogP contribution in [0, 0.1) is 10.8 Å². The molecule has 1 aromatic rings. The summed E-state index contributed by atoms with van der Waals surface area (Å²) in [4.78, 5) is 10.6. The minimum atomic E-state index is -0.0231. The highest BCUT2D eigenvalue weighted by molar-refractivity contribution is 6.30. The molecule has 2 rings (SSSR count). The van der Waals surface area contributed by atoms with Gasteiger partial charge in [-0.15, -0.1) is 0 Å². The van der Waals surface area contributed by atoms with E-state index in [4.69, 9.17) is 16.3 Å². The second kappa shape index (κ2) is 7.29. The van der Waals surface area contributed by atoms with Crippen molar-refractivity contribution in [1.29, 1.82) is 0 Å². The largest absolute Gasteiger partial charge is 0.493 e. The van der Waals surface area contributed by atoms with E-state index >= 15 is 0 Å². The molecule has 0 spiro atoms. The fourth-order valence-corrected chi connectivity index (χ4v) is 2.58. The van der Waals surface area contributed by atoms with Crippen molar-refractivity contribution in [2.75, 3.05) is 6.61 Å². The van der Waals surface area contributed by atoms with Gasteiger partial charge in [-0.25, -0.2) is 0 Å². The number of benzene rings is 1. The van der Waals surface area contributed by atoms with Gasteiger partial charge in [0.25, 0.3) is 0 Å². The highest BCUT2D eigenvalue weighted by atomic mass is 35.5. The maximum Gasteiger partial charge on any atom is 0.120 e. The summed E-state index contributed by atoms with van der Waals surface area (Å²) in [5, 5.41) is 3.86. The molecule has 0 bridgehead atoms. The molecule has 1 aliphatic carbocycles. The van der Waals surface area contributed by atoms with Gasteiger partial charge in [0.15, 0.2) is 0 Å². The SMILES string of the molecule is O=NC1CCCC1/C=C/CCOc1cccc(Cl)c1. The summed E-state index contributed by atoms with van der Waals surface area (Å²) >= 11 is 5.87. The third-order valence-electron chi connectivity index (χ3n) is 3.40. The van der Waals surface area contributed by atoms with E-state index in [2.05, 4.69) is 17.3 Å². The van der Waals surface area contributed by atoms with Crippen LogP contribution in [-0.4, -0.2) is 12.6 Å². The lowest BCUT2D eigenvalue weighted by atomic mass is 10.0. The maximum absolute atomic E-state index is 10.6. The Labute approximate surface area is 118 Å². The Morgan fingerprint density at radius 3 is 3.11 bits per heavy atom. The molecule has 1 saturated carbocycles. The molecular formula is C15H18ClNO2. The molecule has 102 valence electrons. The monoisotopic (exact) mass is 279 g/mol. The topological polar surface area (TPSA) is 38.7 Å². The zero-order chi connectivity index (χ0) is 13.5. The number of halogens is 1. The molecule has 4 heteroatoms. The number of ether oxygens (including phenoxy) is 1. The van der Waals surface area contributed by atoms with Crippen molar-refractivity contribution in [1.82, 2.24) is 0 Å². The van der Waals surface area contributed by atoms with Crippen LogP contribution in [0.25, 0.3) is 0 Å². The summed E-state index contributed by atoms with van der Waals surface area (Å²) in [6.07, 6.45) is 8.12. The van der Waals surface area contributed by atoms with E-state index in [9.17, 15) is 4.91 Å². The lowest BCUT2D eigenvalue weighted by molar-refractivity contribution is 0.324. The smallest absolute Gasteiger partial charge is 0.120 e. The standard InChI is InChI=1S/C15H18ClNO2/c16-13-7-4-8-14(11-13)19-10-2-1-5-12-6-3-9-15(12)17-18/h1,4-5,7-8,11-12,15H,2-3,6,9-10H2/b5-1+. The summed E-state index contributed by atoms with van der Waals surface area (Å²) in [6.45, 7) is 0.614. The number of nitroso groups, excluding NO2 is 1. The summed E-state index contributed by atoms with van der Waals surface area (Å²) < 4.78 is 5.58. The third kappa shape index (κ3) is 4.35. The summed E-state index contributed by atoms with van der Waals surface area (Å²) in [6, 6.07) is 7.35.